The van der Waals surface area contributed by atoms with E-state index in [0.29, 0.717) is 48.5 Å². The Morgan fingerprint density at radius 3 is 2.69 bits per heavy atom. The summed E-state index contributed by atoms with van der Waals surface area (Å²) in [4.78, 5) is 31.9. The maximum Gasteiger partial charge on any atom is 0.320 e. The van der Waals surface area contributed by atoms with Crippen LogP contribution >= 0.6 is 11.8 Å². The second-order valence-corrected chi connectivity index (χ2v) is 10.6. The number of anilines is 1. The average molecular weight is 593 g/mol. The number of carbonyl (C=O) groups is 1. The summed E-state index contributed by atoms with van der Waals surface area (Å²) in [7, 11) is 1.65. The van der Waals surface area contributed by atoms with Gasteiger partial charge in [0.05, 0.1) is 5.69 Å². The van der Waals surface area contributed by atoms with Gasteiger partial charge in [0.15, 0.2) is 5.16 Å². The van der Waals surface area contributed by atoms with Crippen molar-refractivity contribution < 1.29 is 18.8 Å². The largest absolute Gasteiger partial charge is 0.385 e. The first-order valence-electron chi connectivity index (χ1n) is 13.5. The van der Waals surface area contributed by atoms with Crippen LogP contribution in [0.1, 0.15) is 23.7 Å². The molecule has 2 amide bonds. The first-order valence-corrected chi connectivity index (χ1v) is 14.8. The summed E-state index contributed by atoms with van der Waals surface area (Å²) in [5.41, 5.74) is 3.64. The number of thioether (sulfide) groups is 1. The first-order chi connectivity index (χ1) is 20.5. The Bertz CT molecular complexity index is 1490. The van der Waals surface area contributed by atoms with E-state index in [-0.39, 0.29) is 5.92 Å². The van der Waals surface area contributed by atoms with Gasteiger partial charge in [0.25, 0.3) is 0 Å². The van der Waals surface area contributed by atoms with E-state index in [4.69, 9.17) is 14.7 Å². The maximum absolute atomic E-state index is 13.9. The van der Waals surface area contributed by atoms with Crippen molar-refractivity contribution in [1.82, 2.24) is 35.1 Å². The number of pyridine rings is 1. The molecular formula is C29H33FN8O3S. The van der Waals surface area contributed by atoms with E-state index in [9.17, 15) is 9.18 Å². The number of rotatable bonds is 11. The molecule has 5 rings (SSSR count). The molecule has 4 heterocycles. The van der Waals surface area contributed by atoms with Crippen molar-refractivity contribution in [3.63, 3.8) is 0 Å². The van der Waals surface area contributed by atoms with Gasteiger partial charge in [0.2, 0.25) is 5.95 Å². The zero-order chi connectivity index (χ0) is 29.5. The minimum absolute atomic E-state index is 0.122. The van der Waals surface area contributed by atoms with Crippen LogP contribution in [0.5, 0.6) is 0 Å². The van der Waals surface area contributed by atoms with E-state index in [1.807, 2.05) is 48.6 Å². The van der Waals surface area contributed by atoms with Gasteiger partial charge in [-0.05, 0) is 49.4 Å². The van der Waals surface area contributed by atoms with E-state index in [1.165, 1.54) is 24.0 Å². The Morgan fingerprint density at radius 2 is 1.98 bits per heavy atom. The standard InChI is InChI=1S/C29H33FN8O3S/c1-19-25(21-15-33-29(42-3)34-16-21)36-38(23-8-5-4-6-9-23)27(19)35-28(39)32-17-22-18-37(12-7-13-40-2)41-26(22)20-10-11-31-24(30)14-20/h4-6,8-11,14-16,22,26H,7,12-13,17-18H2,1-3H3,(H2,32,35,39)/t22-,26+/m1/s1. The van der Waals surface area contributed by atoms with Crippen molar-refractivity contribution in [1.29, 1.82) is 0 Å². The zero-order valence-corrected chi connectivity index (χ0v) is 24.5. The number of amides is 2. The van der Waals surface area contributed by atoms with Crippen LogP contribution in [0.15, 0.2) is 66.2 Å². The Kier molecular flexibility index (Phi) is 9.74. The fraction of sp³-hybridized carbons (Fsp3) is 0.345. The fourth-order valence-electron chi connectivity index (χ4n) is 4.87. The number of halogens is 1. The number of nitrogens with one attached hydrogen (secondary N) is 2. The Labute approximate surface area is 247 Å². The Morgan fingerprint density at radius 1 is 1.19 bits per heavy atom. The monoisotopic (exact) mass is 592 g/mol. The molecule has 3 aromatic heterocycles. The predicted octanol–water partition coefficient (Wildman–Crippen LogP) is 4.66. The molecule has 0 spiro atoms. The summed E-state index contributed by atoms with van der Waals surface area (Å²) in [6.07, 6.45) is 7.15. The normalized spacial score (nSPS) is 17.0. The Balaban J connectivity index is 1.34. The van der Waals surface area contributed by atoms with Crippen molar-refractivity contribution in [2.45, 2.75) is 24.6 Å². The summed E-state index contributed by atoms with van der Waals surface area (Å²) in [5, 5.41) is 13.3. The highest BCUT2D eigenvalue weighted by atomic mass is 32.2. The van der Waals surface area contributed by atoms with Gasteiger partial charge in [-0.1, -0.05) is 30.0 Å². The van der Waals surface area contributed by atoms with Crippen LogP contribution in [0.4, 0.5) is 15.0 Å². The first kappa shape index (κ1) is 29.6. The predicted molar refractivity (Wildman–Crippen MR) is 158 cm³/mol. The molecule has 4 aromatic rings. The van der Waals surface area contributed by atoms with Gasteiger partial charge in [0, 0.05) is 69.0 Å². The van der Waals surface area contributed by atoms with Crippen LogP contribution < -0.4 is 10.6 Å². The molecule has 2 atom stereocenters. The number of carbonyl (C=O) groups excluding carboxylic acids is 1. The van der Waals surface area contributed by atoms with Crippen molar-refractivity contribution in [3.8, 4) is 16.9 Å². The molecule has 1 fully saturated rings. The number of hydrogen-bond acceptors (Lipinski definition) is 9. The molecule has 1 saturated heterocycles. The molecule has 13 heteroatoms. The molecule has 42 heavy (non-hydrogen) atoms. The van der Waals surface area contributed by atoms with Crippen LogP contribution in [0, 0.1) is 18.8 Å². The van der Waals surface area contributed by atoms with Gasteiger partial charge in [0.1, 0.15) is 17.6 Å². The van der Waals surface area contributed by atoms with Gasteiger partial charge in [-0.3, -0.25) is 10.2 Å². The summed E-state index contributed by atoms with van der Waals surface area (Å²) in [6, 6.07) is 12.3. The van der Waals surface area contributed by atoms with Crippen LogP contribution in [0.2, 0.25) is 0 Å². The van der Waals surface area contributed by atoms with E-state index in [1.54, 1.807) is 30.3 Å². The summed E-state index contributed by atoms with van der Waals surface area (Å²) < 4.78 is 20.8. The van der Waals surface area contributed by atoms with Crippen LogP contribution in [-0.4, -0.2) is 75.4 Å². The molecule has 220 valence electrons. The van der Waals surface area contributed by atoms with Gasteiger partial charge < -0.3 is 10.1 Å². The third-order valence-corrected chi connectivity index (χ3v) is 7.50. The molecular weight excluding hydrogens is 559 g/mol. The number of benzene rings is 1. The highest BCUT2D eigenvalue weighted by molar-refractivity contribution is 7.98. The lowest BCUT2D eigenvalue weighted by molar-refractivity contribution is -0.150. The third kappa shape index (κ3) is 6.93. The quantitative estimate of drug-likeness (QED) is 0.111. The van der Waals surface area contributed by atoms with E-state index in [0.717, 1.165) is 23.2 Å². The smallest absolute Gasteiger partial charge is 0.320 e. The molecule has 2 N–H and O–H groups in total. The third-order valence-electron chi connectivity index (χ3n) is 6.93. The van der Waals surface area contributed by atoms with Crippen molar-refractivity contribution in [3.05, 3.63) is 78.1 Å². The number of urea groups is 1. The second-order valence-electron chi connectivity index (χ2n) is 9.80. The van der Waals surface area contributed by atoms with Crippen LogP contribution in [-0.2, 0) is 9.57 Å². The van der Waals surface area contributed by atoms with Crippen LogP contribution in [0.25, 0.3) is 16.9 Å². The van der Waals surface area contributed by atoms with Crippen molar-refractivity contribution >= 4 is 23.6 Å². The van der Waals surface area contributed by atoms with E-state index < -0.39 is 18.1 Å². The molecule has 1 aliphatic rings. The van der Waals surface area contributed by atoms with E-state index >= 15 is 0 Å². The number of methoxy groups -OCH3 is 1. The van der Waals surface area contributed by atoms with Gasteiger partial charge >= 0.3 is 6.03 Å². The van der Waals surface area contributed by atoms with E-state index in [2.05, 4.69) is 25.6 Å². The molecule has 1 aliphatic heterocycles. The van der Waals surface area contributed by atoms with Gasteiger partial charge in [-0.15, -0.1) is 0 Å². The molecule has 0 aliphatic carbocycles. The number of ether oxygens (including phenoxy) is 1. The lowest BCUT2D eigenvalue weighted by atomic mass is 9.97. The van der Waals surface area contributed by atoms with Crippen molar-refractivity contribution in [2.75, 3.05) is 44.9 Å². The van der Waals surface area contributed by atoms with Crippen molar-refractivity contribution in [2.24, 2.45) is 5.92 Å². The number of hydroxylamine groups is 2. The lowest BCUT2D eigenvalue weighted by Crippen LogP contribution is -2.36. The summed E-state index contributed by atoms with van der Waals surface area (Å²) >= 11 is 1.46. The lowest BCUT2D eigenvalue weighted by Gasteiger charge is -2.18. The number of aromatic nitrogens is 5. The number of nitrogens with zero attached hydrogens (tertiary/aromatic N) is 6. The average Bonchev–Trinajstić information content (AvgIpc) is 3.57. The topological polar surface area (TPSA) is 119 Å². The molecule has 1 aromatic carbocycles. The zero-order valence-electron chi connectivity index (χ0n) is 23.7. The molecule has 0 saturated carbocycles. The van der Waals surface area contributed by atoms with Crippen LogP contribution in [0.3, 0.4) is 0 Å². The highest BCUT2D eigenvalue weighted by Gasteiger charge is 2.35. The summed E-state index contributed by atoms with van der Waals surface area (Å²) in [6.45, 7) is 4.02. The Hall–Kier alpha value is -3.91. The molecule has 0 unspecified atom stereocenters. The molecule has 0 bridgehead atoms. The number of para-hydroxylation sites is 1. The SMILES string of the molecule is COCCCN1C[C@@H](CNC(=O)Nc2c(C)c(-c3cnc(SC)nc3)nn2-c2ccccc2)[C@H](c2ccnc(F)c2)O1. The summed E-state index contributed by atoms with van der Waals surface area (Å²) in [5.74, 6) is -0.172. The highest BCUT2D eigenvalue weighted by Crippen LogP contribution is 2.34. The minimum Gasteiger partial charge on any atom is -0.385 e. The molecule has 11 nitrogen and oxygen atoms in total. The second kappa shape index (κ2) is 13.8. The number of hydrogen-bond donors (Lipinski definition) is 2. The fourth-order valence-corrected chi connectivity index (χ4v) is 5.18. The maximum atomic E-state index is 13.9. The molecule has 0 radical (unpaired) electrons. The van der Waals surface area contributed by atoms with Gasteiger partial charge in [-0.2, -0.15) is 14.6 Å². The van der Waals surface area contributed by atoms with Gasteiger partial charge in [-0.25, -0.2) is 24.4 Å². The minimum atomic E-state index is -0.577.